The van der Waals surface area contributed by atoms with Gasteiger partial charge in [0.05, 0.1) is 0 Å². The largest absolute Gasteiger partial charge is 0.403 e. The van der Waals surface area contributed by atoms with E-state index in [-0.39, 0.29) is 9.96 Å². The van der Waals surface area contributed by atoms with Gasteiger partial charge in [-0.15, -0.1) is 0 Å². The fourth-order valence-corrected chi connectivity index (χ4v) is 3.01. The highest BCUT2D eigenvalue weighted by Crippen LogP contribution is 2.40. The summed E-state index contributed by atoms with van der Waals surface area (Å²) in [4.78, 5) is 10.9. The molecule has 0 aliphatic heterocycles. The molecule has 0 saturated carbocycles. The maximum absolute atomic E-state index is 11.2. The molecule has 0 N–H and O–H groups in total. The molecule has 0 radical (unpaired) electrons. The summed E-state index contributed by atoms with van der Waals surface area (Å²) in [5, 5.41) is 11.2. The molecule has 112 valence electrons. The second kappa shape index (κ2) is 6.05. The molecular formula is C15H25NO3Si. The molecular weight excluding hydrogens is 270 g/mol. The third-order valence-electron chi connectivity index (χ3n) is 4.13. The standard InChI is InChI=1S/C15H25NO3Si/c1-12(16(17)18)14(13-10-8-7-9-11-13)19-20(5,6)15(2,3)4/h7-12,14H,1-6H3/t12-,14-/m0/s1. The van der Waals surface area contributed by atoms with Gasteiger partial charge in [0, 0.05) is 11.8 Å². The lowest BCUT2D eigenvalue weighted by atomic mass is 10.0. The van der Waals surface area contributed by atoms with Crippen LogP contribution in [0.2, 0.25) is 18.1 Å². The maximum Gasteiger partial charge on any atom is 0.239 e. The molecule has 0 spiro atoms. The molecule has 0 saturated heterocycles. The lowest BCUT2D eigenvalue weighted by Crippen LogP contribution is -2.44. The van der Waals surface area contributed by atoms with Crippen molar-refractivity contribution in [1.29, 1.82) is 0 Å². The van der Waals surface area contributed by atoms with Crippen LogP contribution in [-0.2, 0) is 4.43 Å². The van der Waals surface area contributed by atoms with Gasteiger partial charge in [0.2, 0.25) is 6.04 Å². The van der Waals surface area contributed by atoms with Crippen molar-refractivity contribution in [3.63, 3.8) is 0 Å². The zero-order valence-corrected chi connectivity index (χ0v) is 14.2. The van der Waals surface area contributed by atoms with E-state index >= 15 is 0 Å². The predicted octanol–water partition coefficient (Wildman–Crippen LogP) is 4.41. The highest BCUT2D eigenvalue weighted by molar-refractivity contribution is 6.74. The first-order valence-electron chi connectivity index (χ1n) is 6.92. The van der Waals surface area contributed by atoms with Crippen molar-refractivity contribution in [2.24, 2.45) is 0 Å². The molecule has 2 atom stereocenters. The van der Waals surface area contributed by atoms with Crippen LogP contribution in [0.1, 0.15) is 39.4 Å². The molecule has 0 aliphatic carbocycles. The fraction of sp³-hybridized carbons (Fsp3) is 0.600. The zero-order valence-electron chi connectivity index (χ0n) is 13.2. The van der Waals surface area contributed by atoms with Crippen LogP contribution in [0.4, 0.5) is 0 Å². The van der Waals surface area contributed by atoms with Crippen LogP contribution in [-0.4, -0.2) is 19.3 Å². The van der Waals surface area contributed by atoms with Crippen molar-refractivity contribution in [1.82, 2.24) is 0 Å². The normalized spacial score (nSPS) is 15.7. The van der Waals surface area contributed by atoms with Gasteiger partial charge >= 0.3 is 0 Å². The highest BCUT2D eigenvalue weighted by atomic mass is 28.4. The lowest BCUT2D eigenvalue weighted by Gasteiger charge is -2.39. The summed E-state index contributed by atoms with van der Waals surface area (Å²) in [6.07, 6.45) is -0.493. The quantitative estimate of drug-likeness (QED) is 0.459. The summed E-state index contributed by atoms with van der Waals surface area (Å²) in [5.74, 6) is 0. The number of hydrogen-bond donors (Lipinski definition) is 0. The van der Waals surface area contributed by atoms with Crippen molar-refractivity contribution < 1.29 is 9.35 Å². The molecule has 0 fully saturated rings. The van der Waals surface area contributed by atoms with Gasteiger partial charge in [0.25, 0.3) is 0 Å². The molecule has 1 aromatic rings. The third kappa shape index (κ3) is 3.90. The van der Waals surface area contributed by atoms with Crippen molar-refractivity contribution in [2.75, 3.05) is 0 Å². The summed E-state index contributed by atoms with van der Waals surface area (Å²) >= 11 is 0. The van der Waals surface area contributed by atoms with Crippen LogP contribution in [0.5, 0.6) is 0 Å². The van der Waals surface area contributed by atoms with E-state index in [1.807, 2.05) is 30.3 Å². The first kappa shape index (κ1) is 16.9. The molecule has 0 amide bonds. The van der Waals surface area contributed by atoms with Crippen LogP contribution in [0.25, 0.3) is 0 Å². The van der Waals surface area contributed by atoms with Gasteiger partial charge in [0.15, 0.2) is 8.32 Å². The van der Waals surface area contributed by atoms with Gasteiger partial charge in [0.1, 0.15) is 6.10 Å². The molecule has 0 heterocycles. The Morgan fingerprint density at radius 2 is 1.70 bits per heavy atom. The Kier molecular flexibility index (Phi) is 5.10. The predicted molar refractivity (Wildman–Crippen MR) is 83.9 cm³/mol. The molecule has 0 aromatic heterocycles. The van der Waals surface area contributed by atoms with E-state index in [1.54, 1.807) is 6.92 Å². The van der Waals surface area contributed by atoms with Gasteiger partial charge in [-0.05, 0) is 23.7 Å². The molecule has 4 nitrogen and oxygen atoms in total. The summed E-state index contributed by atoms with van der Waals surface area (Å²) in [5.41, 5.74) is 0.876. The Morgan fingerprint density at radius 1 is 1.20 bits per heavy atom. The Balaban J connectivity index is 3.11. The van der Waals surface area contributed by atoms with Gasteiger partial charge in [-0.2, -0.15) is 0 Å². The van der Waals surface area contributed by atoms with Gasteiger partial charge in [-0.1, -0.05) is 51.1 Å². The van der Waals surface area contributed by atoms with E-state index in [4.69, 9.17) is 4.43 Å². The van der Waals surface area contributed by atoms with Crippen molar-refractivity contribution in [3.05, 3.63) is 46.0 Å². The van der Waals surface area contributed by atoms with E-state index in [1.165, 1.54) is 0 Å². The summed E-state index contributed by atoms with van der Waals surface area (Å²) in [6.45, 7) is 12.3. The SMILES string of the molecule is C[C@@H]([C@H](O[Si](C)(C)C(C)(C)C)c1ccccc1)[N+](=O)[O-]. The number of hydrogen-bond acceptors (Lipinski definition) is 3. The van der Waals surface area contributed by atoms with Crippen molar-refractivity contribution >= 4 is 8.32 Å². The second-order valence-electron chi connectivity index (χ2n) is 6.74. The average molecular weight is 295 g/mol. The summed E-state index contributed by atoms with van der Waals surface area (Å²) in [6, 6.07) is 8.74. The molecule has 0 aliphatic rings. The van der Waals surface area contributed by atoms with E-state index in [2.05, 4.69) is 33.9 Å². The third-order valence-corrected chi connectivity index (χ3v) is 8.58. The van der Waals surface area contributed by atoms with Crippen molar-refractivity contribution in [2.45, 2.75) is 58.0 Å². The first-order valence-corrected chi connectivity index (χ1v) is 9.83. The van der Waals surface area contributed by atoms with Gasteiger partial charge < -0.3 is 4.43 Å². The number of nitrogens with zero attached hydrogens (tertiary/aromatic N) is 1. The topological polar surface area (TPSA) is 52.4 Å². The minimum atomic E-state index is -2.06. The highest BCUT2D eigenvalue weighted by Gasteiger charge is 2.42. The maximum atomic E-state index is 11.2. The minimum absolute atomic E-state index is 0.0242. The van der Waals surface area contributed by atoms with Crippen LogP contribution >= 0.6 is 0 Å². The average Bonchev–Trinajstić information content (AvgIpc) is 2.34. The van der Waals surface area contributed by atoms with Crippen molar-refractivity contribution in [3.8, 4) is 0 Å². The molecule has 1 rings (SSSR count). The van der Waals surface area contributed by atoms with Crippen LogP contribution in [0.3, 0.4) is 0 Å². The van der Waals surface area contributed by atoms with E-state index in [0.29, 0.717) is 0 Å². The van der Waals surface area contributed by atoms with Gasteiger partial charge in [-0.25, -0.2) is 0 Å². The number of benzene rings is 1. The van der Waals surface area contributed by atoms with Crippen LogP contribution in [0.15, 0.2) is 30.3 Å². The Bertz CT molecular complexity index is 454. The Hall–Kier alpha value is -1.20. The van der Waals surface area contributed by atoms with E-state index < -0.39 is 20.5 Å². The Morgan fingerprint density at radius 3 is 2.10 bits per heavy atom. The van der Waals surface area contributed by atoms with Crippen LogP contribution < -0.4 is 0 Å². The van der Waals surface area contributed by atoms with Gasteiger partial charge in [-0.3, -0.25) is 10.1 Å². The summed E-state index contributed by atoms with van der Waals surface area (Å²) in [7, 11) is -2.06. The molecule has 5 heteroatoms. The monoisotopic (exact) mass is 295 g/mol. The smallest absolute Gasteiger partial charge is 0.239 e. The van der Waals surface area contributed by atoms with E-state index in [0.717, 1.165) is 5.56 Å². The van der Waals surface area contributed by atoms with Crippen LogP contribution in [0, 0.1) is 10.1 Å². The molecule has 20 heavy (non-hydrogen) atoms. The minimum Gasteiger partial charge on any atom is -0.403 e. The summed E-state index contributed by atoms with van der Waals surface area (Å²) < 4.78 is 6.31. The first-order chi connectivity index (χ1) is 9.06. The fourth-order valence-electron chi connectivity index (χ4n) is 1.69. The number of rotatable bonds is 5. The zero-order chi connectivity index (χ0) is 15.6. The molecule has 1 aromatic carbocycles. The lowest BCUT2D eigenvalue weighted by molar-refractivity contribution is -0.530. The second-order valence-corrected chi connectivity index (χ2v) is 11.5. The molecule has 0 unspecified atom stereocenters. The molecule has 0 bridgehead atoms. The Labute approximate surface area is 122 Å². The number of nitro groups is 1. The van der Waals surface area contributed by atoms with E-state index in [9.17, 15) is 10.1 Å².